The molecule has 28 heavy (non-hydrogen) atoms. The number of carbonyl (C=O) groups excluding carboxylic acids is 1. The largest absolute Gasteiger partial charge is 0.486 e. The second-order valence-corrected chi connectivity index (χ2v) is 8.53. The number of sulfonamides is 1. The van der Waals surface area contributed by atoms with Gasteiger partial charge in [0.15, 0.2) is 11.5 Å². The van der Waals surface area contributed by atoms with Crippen LogP contribution in [0.15, 0.2) is 42.5 Å². The second kappa shape index (κ2) is 8.10. The van der Waals surface area contributed by atoms with Crippen molar-refractivity contribution in [2.24, 2.45) is 0 Å². The van der Waals surface area contributed by atoms with E-state index in [9.17, 15) is 13.2 Å². The number of hydrogen-bond acceptors (Lipinski definition) is 5. The number of nitrogens with zero attached hydrogens (tertiary/aromatic N) is 1. The molecule has 0 aromatic heterocycles. The average molecular weight is 404 g/mol. The van der Waals surface area contributed by atoms with Crippen molar-refractivity contribution in [1.29, 1.82) is 0 Å². The third-order valence-electron chi connectivity index (χ3n) is 4.40. The topological polar surface area (TPSA) is 84.9 Å². The van der Waals surface area contributed by atoms with Gasteiger partial charge in [0.25, 0.3) is 0 Å². The highest BCUT2D eigenvalue weighted by molar-refractivity contribution is 7.92. The number of ether oxygens (including phenoxy) is 2. The number of fused-ring (bicyclic) bond motifs is 1. The molecule has 1 aliphatic heterocycles. The van der Waals surface area contributed by atoms with E-state index in [1.165, 1.54) is 4.31 Å². The Morgan fingerprint density at radius 2 is 1.86 bits per heavy atom. The number of aryl methyl sites for hydroxylation is 1. The minimum atomic E-state index is -3.67. The molecule has 0 spiro atoms. The van der Waals surface area contributed by atoms with Gasteiger partial charge in [-0.3, -0.25) is 9.10 Å². The summed E-state index contributed by atoms with van der Waals surface area (Å²) in [6.07, 6.45) is 1.42. The van der Waals surface area contributed by atoms with Gasteiger partial charge in [-0.15, -0.1) is 0 Å². The molecule has 2 aromatic carbocycles. The molecule has 0 fully saturated rings. The number of nitrogens with one attached hydrogen (secondary N) is 1. The second-order valence-electron chi connectivity index (χ2n) is 6.67. The summed E-state index contributed by atoms with van der Waals surface area (Å²) < 4.78 is 37.2. The minimum Gasteiger partial charge on any atom is -0.486 e. The summed E-state index contributed by atoms with van der Waals surface area (Å²) >= 11 is 0. The summed E-state index contributed by atoms with van der Waals surface area (Å²) in [5.74, 6) is 0.760. The first-order valence-corrected chi connectivity index (χ1v) is 10.9. The van der Waals surface area contributed by atoms with E-state index < -0.39 is 22.0 Å². The number of benzene rings is 2. The molecule has 8 heteroatoms. The summed E-state index contributed by atoms with van der Waals surface area (Å²) in [5.41, 5.74) is 1.89. The van der Waals surface area contributed by atoms with Gasteiger partial charge in [-0.2, -0.15) is 0 Å². The Morgan fingerprint density at radius 1 is 1.14 bits per heavy atom. The fourth-order valence-electron chi connectivity index (χ4n) is 3.17. The van der Waals surface area contributed by atoms with E-state index in [0.29, 0.717) is 42.5 Å². The fourth-order valence-corrected chi connectivity index (χ4v) is 4.38. The van der Waals surface area contributed by atoms with Crippen LogP contribution in [0.3, 0.4) is 0 Å². The number of rotatable bonds is 6. The smallest absolute Gasteiger partial charge is 0.248 e. The van der Waals surface area contributed by atoms with E-state index in [2.05, 4.69) is 5.32 Å². The van der Waals surface area contributed by atoms with Crippen molar-refractivity contribution >= 4 is 27.3 Å². The van der Waals surface area contributed by atoms with Crippen molar-refractivity contribution in [3.8, 4) is 11.5 Å². The third-order valence-corrected chi connectivity index (χ3v) is 5.58. The lowest BCUT2D eigenvalue weighted by Gasteiger charge is -2.30. The molecule has 150 valence electrons. The Hall–Kier alpha value is -2.74. The summed E-state index contributed by atoms with van der Waals surface area (Å²) in [7, 11) is -3.67. The maximum atomic E-state index is 13.0. The van der Waals surface area contributed by atoms with E-state index in [1.807, 2.05) is 13.0 Å². The van der Waals surface area contributed by atoms with E-state index in [4.69, 9.17) is 9.47 Å². The van der Waals surface area contributed by atoms with Gasteiger partial charge < -0.3 is 14.8 Å². The van der Waals surface area contributed by atoms with Crippen LogP contribution in [0, 0.1) is 6.92 Å². The van der Waals surface area contributed by atoms with Crippen LogP contribution in [0.5, 0.6) is 11.5 Å². The summed E-state index contributed by atoms with van der Waals surface area (Å²) in [6, 6.07) is 11.3. The molecule has 0 aliphatic carbocycles. The lowest BCUT2D eigenvalue weighted by atomic mass is 10.1. The Labute approximate surface area is 165 Å². The normalized spacial score (nSPS) is 14.2. The molecule has 2 aromatic rings. The molecule has 1 amide bonds. The van der Waals surface area contributed by atoms with Gasteiger partial charge in [-0.1, -0.05) is 19.1 Å². The van der Waals surface area contributed by atoms with Crippen molar-refractivity contribution in [3.63, 3.8) is 0 Å². The van der Waals surface area contributed by atoms with Gasteiger partial charge >= 0.3 is 0 Å². The summed E-state index contributed by atoms with van der Waals surface area (Å²) in [6.45, 7) is 4.58. The first kappa shape index (κ1) is 20.0. The average Bonchev–Trinajstić information content (AvgIpc) is 2.64. The van der Waals surface area contributed by atoms with Gasteiger partial charge in [0, 0.05) is 11.8 Å². The van der Waals surface area contributed by atoms with E-state index in [1.54, 1.807) is 43.3 Å². The van der Waals surface area contributed by atoms with E-state index in [0.717, 1.165) is 11.8 Å². The third kappa shape index (κ3) is 4.39. The molecule has 0 unspecified atom stereocenters. The predicted molar refractivity (Wildman–Crippen MR) is 109 cm³/mol. The van der Waals surface area contributed by atoms with Crippen molar-refractivity contribution in [3.05, 3.63) is 48.0 Å². The van der Waals surface area contributed by atoms with Crippen molar-refractivity contribution < 1.29 is 22.7 Å². The maximum Gasteiger partial charge on any atom is 0.248 e. The van der Waals surface area contributed by atoms with Gasteiger partial charge in [0.05, 0.1) is 11.9 Å². The van der Waals surface area contributed by atoms with Gasteiger partial charge in [-0.25, -0.2) is 8.42 Å². The first-order valence-electron chi connectivity index (χ1n) is 9.06. The quantitative estimate of drug-likeness (QED) is 0.800. The molecular formula is C20H24N2O5S. The first-order chi connectivity index (χ1) is 13.3. The maximum absolute atomic E-state index is 13.0. The van der Waals surface area contributed by atoms with Crippen molar-refractivity contribution in [2.75, 3.05) is 29.1 Å². The van der Waals surface area contributed by atoms with Crippen molar-refractivity contribution in [1.82, 2.24) is 0 Å². The van der Waals surface area contributed by atoms with Gasteiger partial charge in [-0.05, 0) is 43.2 Å². The summed E-state index contributed by atoms with van der Waals surface area (Å²) in [4.78, 5) is 13.0. The van der Waals surface area contributed by atoms with Crippen LogP contribution in [0.1, 0.15) is 18.9 Å². The standard InChI is InChI=1S/C20H24N2O5S/c1-4-17(22(28(3,24)25)16-7-5-6-14(2)12-16)20(23)21-15-8-9-18-19(13-15)27-11-10-26-18/h5-9,12-13,17H,4,10-11H2,1-3H3,(H,21,23)/t17-/m0/s1. The molecule has 3 rings (SSSR count). The monoisotopic (exact) mass is 404 g/mol. The molecular weight excluding hydrogens is 380 g/mol. The zero-order valence-electron chi connectivity index (χ0n) is 16.1. The number of anilines is 2. The molecule has 0 bridgehead atoms. The lowest BCUT2D eigenvalue weighted by Crippen LogP contribution is -2.47. The van der Waals surface area contributed by atoms with Gasteiger partial charge in [0.1, 0.15) is 19.3 Å². The highest BCUT2D eigenvalue weighted by Gasteiger charge is 2.31. The SMILES string of the molecule is CC[C@@H](C(=O)Nc1ccc2c(c1)OCCO2)N(c1cccc(C)c1)S(C)(=O)=O. The van der Waals surface area contributed by atoms with Crippen LogP contribution in [0.25, 0.3) is 0 Å². The molecule has 7 nitrogen and oxygen atoms in total. The summed E-state index contributed by atoms with van der Waals surface area (Å²) in [5, 5.41) is 2.80. The Bertz CT molecular complexity index is 974. The van der Waals surface area contributed by atoms with Crippen molar-refractivity contribution in [2.45, 2.75) is 26.3 Å². The van der Waals surface area contributed by atoms with Crippen LogP contribution < -0.4 is 19.1 Å². The minimum absolute atomic E-state index is 0.317. The van der Waals surface area contributed by atoms with E-state index >= 15 is 0 Å². The number of hydrogen-bond donors (Lipinski definition) is 1. The number of carbonyl (C=O) groups is 1. The Kier molecular flexibility index (Phi) is 5.79. The zero-order chi connectivity index (χ0) is 20.3. The zero-order valence-corrected chi connectivity index (χ0v) is 17.0. The Morgan fingerprint density at radius 3 is 2.50 bits per heavy atom. The lowest BCUT2D eigenvalue weighted by molar-refractivity contribution is -0.117. The molecule has 1 aliphatic rings. The van der Waals surface area contributed by atoms with Crippen LogP contribution in [-0.4, -0.2) is 39.8 Å². The van der Waals surface area contributed by atoms with Crippen LogP contribution in [0.2, 0.25) is 0 Å². The molecule has 1 atom stereocenters. The fraction of sp³-hybridized carbons (Fsp3) is 0.350. The highest BCUT2D eigenvalue weighted by atomic mass is 32.2. The highest BCUT2D eigenvalue weighted by Crippen LogP contribution is 2.33. The molecule has 1 N–H and O–H groups in total. The van der Waals surface area contributed by atoms with Gasteiger partial charge in [0.2, 0.25) is 15.9 Å². The number of amides is 1. The molecule has 0 saturated carbocycles. The molecule has 0 saturated heterocycles. The molecule has 0 radical (unpaired) electrons. The predicted octanol–water partition coefficient (Wildman–Crippen LogP) is 2.95. The van der Waals surface area contributed by atoms with Crippen LogP contribution in [0.4, 0.5) is 11.4 Å². The van der Waals surface area contributed by atoms with Crippen LogP contribution >= 0.6 is 0 Å². The van der Waals surface area contributed by atoms with Crippen LogP contribution in [-0.2, 0) is 14.8 Å². The molecule has 1 heterocycles. The van der Waals surface area contributed by atoms with E-state index in [-0.39, 0.29) is 0 Å². The Balaban J connectivity index is 1.88.